The summed E-state index contributed by atoms with van der Waals surface area (Å²) in [5.74, 6) is 1.12. The van der Waals surface area contributed by atoms with Crippen LogP contribution in [0.2, 0.25) is 0 Å². The molecule has 1 unspecified atom stereocenters. The maximum absolute atomic E-state index is 9.96. The summed E-state index contributed by atoms with van der Waals surface area (Å²) in [7, 11) is 1.57. The highest BCUT2D eigenvalue weighted by Crippen LogP contribution is 2.26. The summed E-state index contributed by atoms with van der Waals surface area (Å²) in [6.45, 7) is 4.29. The third kappa shape index (κ3) is 3.51. The summed E-state index contributed by atoms with van der Waals surface area (Å²) < 4.78 is 5.10. The third-order valence-corrected chi connectivity index (χ3v) is 2.37. The second-order valence-electron chi connectivity index (χ2n) is 4.09. The molecule has 0 aliphatic heterocycles. The van der Waals surface area contributed by atoms with Crippen LogP contribution in [-0.2, 0) is 0 Å². The number of pyridine rings is 1. The monoisotopic (exact) mass is 209 g/mol. The van der Waals surface area contributed by atoms with Gasteiger partial charge in [0.2, 0.25) is 5.88 Å². The summed E-state index contributed by atoms with van der Waals surface area (Å²) in [4.78, 5) is 4.06. The van der Waals surface area contributed by atoms with E-state index in [0.29, 0.717) is 11.8 Å². The number of methoxy groups -OCH3 is 1. The zero-order valence-corrected chi connectivity index (χ0v) is 9.60. The van der Waals surface area contributed by atoms with Gasteiger partial charge in [-0.15, -0.1) is 0 Å². The molecule has 84 valence electrons. The van der Waals surface area contributed by atoms with E-state index in [2.05, 4.69) is 18.8 Å². The topological polar surface area (TPSA) is 42.4 Å². The van der Waals surface area contributed by atoms with E-state index in [-0.39, 0.29) is 0 Å². The van der Waals surface area contributed by atoms with E-state index in [1.54, 1.807) is 13.3 Å². The van der Waals surface area contributed by atoms with Gasteiger partial charge in [-0.1, -0.05) is 13.8 Å². The van der Waals surface area contributed by atoms with Crippen molar-refractivity contribution in [3.05, 3.63) is 23.9 Å². The van der Waals surface area contributed by atoms with Gasteiger partial charge in [-0.2, -0.15) is 0 Å². The van der Waals surface area contributed by atoms with E-state index in [0.717, 1.165) is 18.4 Å². The lowest BCUT2D eigenvalue weighted by Gasteiger charge is -2.14. The van der Waals surface area contributed by atoms with E-state index in [9.17, 15) is 5.11 Å². The molecule has 0 amide bonds. The summed E-state index contributed by atoms with van der Waals surface area (Å²) >= 11 is 0. The van der Waals surface area contributed by atoms with E-state index >= 15 is 0 Å². The Morgan fingerprint density at radius 1 is 1.40 bits per heavy atom. The molecular formula is C12H19NO2. The molecule has 3 nitrogen and oxygen atoms in total. The molecule has 1 heterocycles. The van der Waals surface area contributed by atoms with Gasteiger partial charge < -0.3 is 9.84 Å². The van der Waals surface area contributed by atoms with Gasteiger partial charge in [0.15, 0.2) is 0 Å². The van der Waals surface area contributed by atoms with Crippen LogP contribution in [0.25, 0.3) is 0 Å². The molecule has 0 saturated heterocycles. The normalized spacial score (nSPS) is 12.9. The standard InChI is InChI=1S/C12H19NO2/c1-9(2)6-7-11(14)10-5-4-8-13-12(10)15-3/h4-5,8-9,11,14H,6-7H2,1-3H3. The second kappa shape index (κ2) is 5.71. The van der Waals surface area contributed by atoms with Gasteiger partial charge in [0.05, 0.1) is 13.2 Å². The minimum absolute atomic E-state index is 0.476. The molecule has 1 aromatic heterocycles. The molecule has 0 spiro atoms. The number of nitrogens with zero attached hydrogens (tertiary/aromatic N) is 1. The van der Waals surface area contributed by atoms with Gasteiger partial charge in [0.1, 0.15) is 0 Å². The highest BCUT2D eigenvalue weighted by Gasteiger charge is 2.13. The molecule has 15 heavy (non-hydrogen) atoms. The molecule has 1 aromatic rings. The minimum Gasteiger partial charge on any atom is -0.481 e. The highest BCUT2D eigenvalue weighted by molar-refractivity contribution is 5.27. The van der Waals surface area contributed by atoms with Crippen molar-refractivity contribution in [2.75, 3.05) is 7.11 Å². The molecule has 0 aliphatic carbocycles. The largest absolute Gasteiger partial charge is 0.481 e. The Kier molecular flexibility index (Phi) is 4.56. The van der Waals surface area contributed by atoms with Crippen LogP contribution in [0.5, 0.6) is 5.88 Å². The van der Waals surface area contributed by atoms with Gasteiger partial charge in [0, 0.05) is 11.8 Å². The first-order chi connectivity index (χ1) is 7.15. The van der Waals surface area contributed by atoms with Crippen LogP contribution in [-0.4, -0.2) is 17.2 Å². The molecule has 1 rings (SSSR count). The third-order valence-electron chi connectivity index (χ3n) is 2.37. The van der Waals surface area contributed by atoms with E-state index in [1.807, 2.05) is 12.1 Å². The van der Waals surface area contributed by atoms with E-state index in [4.69, 9.17) is 4.74 Å². The quantitative estimate of drug-likeness (QED) is 0.810. The zero-order chi connectivity index (χ0) is 11.3. The lowest BCUT2D eigenvalue weighted by atomic mass is 10.0. The van der Waals surface area contributed by atoms with Crippen LogP contribution < -0.4 is 4.74 Å². The first-order valence-electron chi connectivity index (χ1n) is 5.32. The molecule has 0 fully saturated rings. The fraction of sp³-hybridized carbons (Fsp3) is 0.583. The Labute approximate surface area is 91.1 Å². The average molecular weight is 209 g/mol. The van der Waals surface area contributed by atoms with E-state index in [1.165, 1.54) is 0 Å². The predicted molar refractivity (Wildman–Crippen MR) is 59.8 cm³/mol. The smallest absolute Gasteiger partial charge is 0.218 e. The summed E-state index contributed by atoms with van der Waals surface area (Å²) in [5, 5.41) is 9.96. The fourth-order valence-corrected chi connectivity index (χ4v) is 1.47. The average Bonchev–Trinajstić information content (AvgIpc) is 2.25. The van der Waals surface area contributed by atoms with Crippen molar-refractivity contribution >= 4 is 0 Å². The van der Waals surface area contributed by atoms with Crippen molar-refractivity contribution in [2.45, 2.75) is 32.8 Å². The van der Waals surface area contributed by atoms with Gasteiger partial charge in [0.25, 0.3) is 0 Å². The predicted octanol–water partition coefficient (Wildman–Crippen LogP) is 2.56. The van der Waals surface area contributed by atoms with Crippen LogP contribution in [0.15, 0.2) is 18.3 Å². The van der Waals surface area contributed by atoms with Gasteiger partial charge in [-0.25, -0.2) is 4.98 Å². The molecule has 1 N–H and O–H groups in total. The first-order valence-corrected chi connectivity index (χ1v) is 5.32. The fourth-order valence-electron chi connectivity index (χ4n) is 1.47. The minimum atomic E-state index is -0.476. The van der Waals surface area contributed by atoms with Crippen molar-refractivity contribution in [1.29, 1.82) is 0 Å². The van der Waals surface area contributed by atoms with Crippen LogP contribution in [0.1, 0.15) is 38.4 Å². The number of rotatable bonds is 5. The Morgan fingerprint density at radius 3 is 2.73 bits per heavy atom. The molecular weight excluding hydrogens is 190 g/mol. The van der Waals surface area contributed by atoms with Crippen LogP contribution >= 0.6 is 0 Å². The molecule has 0 aromatic carbocycles. The maximum Gasteiger partial charge on any atom is 0.218 e. The zero-order valence-electron chi connectivity index (χ0n) is 9.60. The van der Waals surface area contributed by atoms with Crippen molar-refractivity contribution in [2.24, 2.45) is 5.92 Å². The molecule has 0 saturated carbocycles. The summed E-state index contributed by atoms with van der Waals surface area (Å²) in [6, 6.07) is 3.67. The maximum atomic E-state index is 9.96. The van der Waals surface area contributed by atoms with Crippen molar-refractivity contribution in [3.63, 3.8) is 0 Å². The number of hydrogen-bond donors (Lipinski definition) is 1. The van der Waals surface area contributed by atoms with Crippen molar-refractivity contribution in [1.82, 2.24) is 4.98 Å². The Bertz CT molecular complexity index is 299. The van der Waals surface area contributed by atoms with Crippen LogP contribution in [0, 0.1) is 5.92 Å². The number of ether oxygens (including phenoxy) is 1. The van der Waals surface area contributed by atoms with Crippen LogP contribution in [0.4, 0.5) is 0 Å². The SMILES string of the molecule is COc1ncccc1C(O)CCC(C)C. The van der Waals surface area contributed by atoms with Gasteiger partial charge in [-0.3, -0.25) is 0 Å². The molecule has 3 heteroatoms. The molecule has 1 atom stereocenters. The number of hydrogen-bond acceptors (Lipinski definition) is 3. The molecule has 0 aliphatic rings. The Balaban J connectivity index is 2.68. The van der Waals surface area contributed by atoms with Gasteiger partial charge >= 0.3 is 0 Å². The number of aliphatic hydroxyl groups excluding tert-OH is 1. The number of aromatic nitrogens is 1. The second-order valence-corrected chi connectivity index (χ2v) is 4.09. The van der Waals surface area contributed by atoms with Crippen LogP contribution in [0.3, 0.4) is 0 Å². The highest BCUT2D eigenvalue weighted by atomic mass is 16.5. The van der Waals surface area contributed by atoms with E-state index < -0.39 is 6.10 Å². The number of aliphatic hydroxyl groups is 1. The summed E-state index contributed by atoms with van der Waals surface area (Å²) in [5.41, 5.74) is 0.778. The van der Waals surface area contributed by atoms with Crippen molar-refractivity contribution in [3.8, 4) is 5.88 Å². The summed E-state index contributed by atoms with van der Waals surface area (Å²) in [6.07, 6.45) is 2.94. The Hall–Kier alpha value is -1.09. The lowest BCUT2D eigenvalue weighted by Crippen LogP contribution is -2.03. The van der Waals surface area contributed by atoms with Gasteiger partial charge in [-0.05, 0) is 30.9 Å². The lowest BCUT2D eigenvalue weighted by molar-refractivity contribution is 0.154. The Morgan fingerprint density at radius 2 is 2.13 bits per heavy atom. The first kappa shape index (κ1) is 12.0. The molecule has 0 bridgehead atoms. The molecule has 0 radical (unpaired) electrons. The van der Waals surface area contributed by atoms with Crippen molar-refractivity contribution < 1.29 is 9.84 Å².